The van der Waals surface area contributed by atoms with E-state index in [1.165, 1.54) is 18.4 Å². The van der Waals surface area contributed by atoms with E-state index in [0.29, 0.717) is 23.7 Å². The summed E-state index contributed by atoms with van der Waals surface area (Å²) < 4.78 is 0. The second-order valence-corrected chi connectivity index (χ2v) is 8.80. The van der Waals surface area contributed by atoms with Gasteiger partial charge in [-0.1, -0.05) is 23.7 Å². The number of aromatic amines is 1. The average molecular weight is 424 g/mol. The number of benzene rings is 1. The molecule has 0 aliphatic carbocycles. The van der Waals surface area contributed by atoms with E-state index >= 15 is 0 Å². The number of H-pyrrole nitrogens is 1. The fraction of sp³-hybridized carbons (Fsp3) is 0.391. The minimum Gasteiger partial charge on any atom is -0.381 e. The molecule has 2 unspecified atom stereocenters. The number of amides is 1. The molecule has 2 fully saturated rings. The molecule has 2 aliphatic rings. The highest BCUT2D eigenvalue weighted by molar-refractivity contribution is 6.30. The number of nitrogens with zero attached hydrogens (tertiary/aromatic N) is 2. The van der Waals surface area contributed by atoms with Crippen LogP contribution < -0.4 is 10.6 Å². The summed E-state index contributed by atoms with van der Waals surface area (Å²) in [4.78, 5) is 22.6. The van der Waals surface area contributed by atoms with E-state index in [-0.39, 0.29) is 5.91 Å². The fourth-order valence-electron chi connectivity index (χ4n) is 5.13. The zero-order chi connectivity index (χ0) is 20.7. The summed E-state index contributed by atoms with van der Waals surface area (Å²) in [6.07, 6.45) is 8.14. The van der Waals surface area contributed by atoms with Crippen molar-refractivity contribution >= 4 is 34.2 Å². The molecule has 2 atom stereocenters. The van der Waals surface area contributed by atoms with Gasteiger partial charge in [-0.05, 0) is 49.4 Å². The number of rotatable bonds is 5. The summed E-state index contributed by atoms with van der Waals surface area (Å²) in [6.45, 7) is 0.972. The molecule has 5 rings (SSSR count). The van der Waals surface area contributed by atoms with Crippen molar-refractivity contribution in [1.29, 1.82) is 0 Å². The van der Waals surface area contributed by atoms with Crippen molar-refractivity contribution in [3.8, 4) is 0 Å². The molecule has 1 aromatic carbocycles. The van der Waals surface area contributed by atoms with Gasteiger partial charge in [-0.2, -0.15) is 0 Å². The number of hydrogen-bond donors (Lipinski definition) is 3. The number of pyridine rings is 1. The van der Waals surface area contributed by atoms with Crippen molar-refractivity contribution in [2.45, 2.75) is 50.4 Å². The van der Waals surface area contributed by atoms with Crippen LogP contribution in [0.4, 0.5) is 5.69 Å². The highest BCUT2D eigenvalue weighted by Gasteiger charge is 2.40. The number of anilines is 1. The smallest absolute Gasteiger partial charge is 0.254 e. The normalized spacial score (nSPS) is 23.6. The Bertz CT molecular complexity index is 1050. The topological polar surface area (TPSA) is 73.0 Å². The number of hydrogen-bond acceptors (Lipinski definition) is 4. The van der Waals surface area contributed by atoms with Gasteiger partial charge in [0.2, 0.25) is 0 Å². The summed E-state index contributed by atoms with van der Waals surface area (Å²) >= 11 is 6.04. The van der Waals surface area contributed by atoms with Crippen LogP contribution in [0.2, 0.25) is 5.02 Å². The predicted molar refractivity (Wildman–Crippen MR) is 120 cm³/mol. The Hall–Kier alpha value is -2.57. The van der Waals surface area contributed by atoms with Crippen LogP contribution in [0, 0.1) is 0 Å². The van der Waals surface area contributed by atoms with Gasteiger partial charge in [0.15, 0.2) is 0 Å². The summed E-state index contributed by atoms with van der Waals surface area (Å²) in [7, 11) is 1.66. The Kier molecular flexibility index (Phi) is 5.13. The molecule has 2 saturated heterocycles. The van der Waals surface area contributed by atoms with Crippen LogP contribution in [0.1, 0.15) is 41.6 Å². The number of halogens is 1. The van der Waals surface area contributed by atoms with E-state index in [4.69, 9.17) is 11.6 Å². The zero-order valence-corrected chi connectivity index (χ0v) is 17.7. The van der Waals surface area contributed by atoms with Gasteiger partial charge in [-0.3, -0.25) is 9.69 Å². The number of nitrogens with one attached hydrogen (secondary N) is 3. The molecule has 2 aliphatic heterocycles. The van der Waals surface area contributed by atoms with Crippen molar-refractivity contribution in [2.24, 2.45) is 0 Å². The van der Waals surface area contributed by atoms with Crippen LogP contribution in [0.5, 0.6) is 0 Å². The summed E-state index contributed by atoms with van der Waals surface area (Å²) in [5.41, 5.74) is 3.60. The first-order chi connectivity index (χ1) is 14.6. The van der Waals surface area contributed by atoms with Crippen LogP contribution in [0.15, 0.2) is 42.7 Å². The molecule has 2 aromatic heterocycles. The molecule has 0 saturated carbocycles. The third-order valence-electron chi connectivity index (χ3n) is 6.57. The lowest BCUT2D eigenvalue weighted by Gasteiger charge is -2.39. The predicted octanol–water partition coefficient (Wildman–Crippen LogP) is 4.18. The van der Waals surface area contributed by atoms with Gasteiger partial charge in [0.25, 0.3) is 5.91 Å². The quantitative estimate of drug-likeness (QED) is 0.575. The van der Waals surface area contributed by atoms with E-state index < -0.39 is 0 Å². The Balaban J connectivity index is 1.35. The van der Waals surface area contributed by atoms with Crippen LogP contribution in [0.25, 0.3) is 11.0 Å². The van der Waals surface area contributed by atoms with Gasteiger partial charge < -0.3 is 15.6 Å². The SMILES string of the molecule is CNC(=O)c1cnc2[nH]ccc2c1NC1CC2CCC(C1)N2Cc1ccc(Cl)cc1. The third kappa shape index (κ3) is 3.55. The summed E-state index contributed by atoms with van der Waals surface area (Å²) in [5.74, 6) is -0.115. The highest BCUT2D eigenvalue weighted by atomic mass is 35.5. The molecule has 1 amide bonds. The first-order valence-electron chi connectivity index (χ1n) is 10.6. The maximum absolute atomic E-state index is 12.4. The second kappa shape index (κ2) is 7.93. The van der Waals surface area contributed by atoms with Crippen molar-refractivity contribution in [1.82, 2.24) is 20.2 Å². The maximum Gasteiger partial charge on any atom is 0.254 e. The largest absolute Gasteiger partial charge is 0.381 e. The Morgan fingerprint density at radius 3 is 2.63 bits per heavy atom. The van der Waals surface area contributed by atoms with Crippen molar-refractivity contribution in [3.05, 3.63) is 58.9 Å². The summed E-state index contributed by atoms with van der Waals surface area (Å²) in [6, 6.07) is 11.6. The zero-order valence-electron chi connectivity index (χ0n) is 17.0. The minimum absolute atomic E-state index is 0.115. The molecule has 7 heteroatoms. The molecular formula is C23H26ClN5O. The van der Waals surface area contributed by atoms with E-state index in [0.717, 1.165) is 41.1 Å². The van der Waals surface area contributed by atoms with Crippen LogP contribution in [-0.4, -0.2) is 45.9 Å². The van der Waals surface area contributed by atoms with Gasteiger partial charge in [0, 0.05) is 54.5 Å². The number of piperidine rings is 1. The van der Waals surface area contributed by atoms with Gasteiger partial charge in [0.05, 0.1) is 11.3 Å². The highest BCUT2D eigenvalue weighted by Crippen LogP contribution is 2.39. The molecule has 0 radical (unpaired) electrons. The summed E-state index contributed by atoms with van der Waals surface area (Å²) in [5, 5.41) is 8.21. The van der Waals surface area contributed by atoms with Crippen molar-refractivity contribution in [2.75, 3.05) is 12.4 Å². The molecule has 3 aromatic rings. The maximum atomic E-state index is 12.4. The van der Waals surface area contributed by atoms with Gasteiger partial charge >= 0.3 is 0 Å². The molecule has 4 heterocycles. The number of carbonyl (C=O) groups excluding carboxylic acids is 1. The molecule has 0 spiro atoms. The molecule has 30 heavy (non-hydrogen) atoms. The lowest BCUT2D eigenvalue weighted by Crippen LogP contribution is -2.46. The third-order valence-corrected chi connectivity index (χ3v) is 6.82. The van der Waals surface area contributed by atoms with E-state index in [1.807, 2.05) is 24.4 Å². The van der Waals surface area contributed by atoms with Gasteiger partial charge in [-0.15, -0.1) is 0 Å². The van der Waals surface area contributed by atoms with Crippen LogP contribution in [0.3, 0.4) is 0 Å². The van der Waals surface area contributed by atoms with E-state index in [1.54, 1.807) is 13.2 Å². The number of fused-ring (bicyclic) bond motifs is 3. The standard InChI is InChI=1S/C23H26ClN5O/c1-25-23(30)20-12-27-22-19(8-9-26-22)21(20)28-16-10-17-6-7-18(11-16)29(17)13-14-2-4-15(24)5-3-14/h2-5,8-9,12,16-18H,6-7,10-11,13H2,1H3,(H,25,30)(H2,26,27,28). The molecule has 6 nitrogen and oxygen atoms in total. The number of carbonyl (C=O) groups is 1. The second-order valence-electron chi connectivity index (χ2n) is 8.36. The Morgan fingerprint density at radius 1 is 1.20 bits per heavy atom. The monoisotopic (exact) mass is 423 g/mol. The average Bonchev–Trinajstić information content (AvgIpc) is 3.31. The molecular weight excluding hydrogens is 398 g/mol. The first-order valence-corrected chi connectivity index (χ1v) is 10.9. The molecule has 2 bridgehead atoms. The van der Waals surface area contributed by atoms with Crippen LogP contribution in [-0.2, 0) is 6.54 Å². The molecule has 3 N–H and O–H groups in total. The van der Waals surface area contributed by atoms with E-state index in [9.17, 15) is 4.79 Å². The minimum atomic E-state index is -0.115. The van der Waals surface area contributed by atoms with Gasteiger partial charge in [0.1, 0.15) is 5.65 Å². The van der Waals surface area contributed by atoms with Crippen molar-refractivity contribution < 1.29 is 4.79 Å². The fourth-order valence-corrected chi connectivity index (χ4v) is 5.25. The Morgan fingerprint density at radius 2 is 1.93 bits per heavy atom. The first kappa shape index (κ1) is 19.4. The van der Waals surface area contributed by atoms with Crippen molar-refractivity contribution in [3.63, 3.8) is 0 Å². The van der Waals surface area contributed by atoms with Gasteiger partial charge in [-0.25, -0.2) is 4.98 Å². The van der Waals surface area contributed by atoms with Crippen LogP contribution >= 0.6 is 11.6 Å². The van der Waals surface area contributed by atoms with E-state index in [2.05, 4.69) is 37.6 Å². The lowest BCUT2D eigenvalue weighted by molar-refractivity contribution is 0.0963. The Labute approximate surface area is 181 Å². The lowest BCUT2D eigenvalue weighted by atomic mass is 9.95. The number of aromatic nitrogens is 2. The molecule has 156 valence electrons.